The highest BCUT2D eigenvalue weighted by Crippen LogP contribution is 2.13. The molecule has 0 atom stereocenters. The van der Waals surface area contributed by atoms with Gasteiger partial charge in [-0.3, -0.25) is 9.80 Å². The molecule has 0 unspecified atom stereocenters. The van der Waals surface area contributed by atoms with Gasteiger partial charge in [-0.05, 0) is 10.3 Å². The molecule has 10 nitrogen and oxygen atoms in total. The van der Waals surface area contributed by atoms with E-state index < -0.39 is 0 Å². The van der Waals surface area contributed by atoms with Crippen LogP contribution in [0, 0.1) is 0 Å². The number of hydrogen-bond donors (Lipinski definition) is 0. The van der Waals surface area contributed by atoms with Gasteiger partial charge in [-0.15, -0.1) is 0 Å². The lowest BCUT2D eigenvalue weighted by molar-refractivity contribution is 0.103. The summed E-state index contributed by atoms with van der Waals surface area (Å²) in [4.78, 5) is 17.0. The number of hydrogen-bond acceptors (Lipinski definition) is 10. The Morgan fingerprint density at radius 2 is 1.12 bits per heavy atom. The average molecular weight is 336 g/mol. The van der Waals surface area contributed by atoms with Crippen LogP contribution in [0.15, 0.2) is 9.05 Å². The van der Waals surface area contributed by atoms with Gasteiger partial charge in [0.2, 0.25) is 11.8 Å². The van der Waals surface area contributed by atoms with Crippen molar-refractivity contribution in [2.45, 2.75) is 13.1 Å². The zero-order valence-corrected chi connectivity index (χ0v) is 14.6. The van der Waals surface area contributed by atoms with Crippen LogP contribution in [0.25, 0.3) is 0 Å². The number of nitrogens with zero attached hydrogens (tertiary/aromatic N) is 8. The van der Waals surface area contributed by atoms with Gasteiger partial charge < -0.3 is 18.8 Å². The first kappa shape index (κ1) is 16.7. The average Bonchev–Trinajstić information content (AvgIpc) is 3.19. The molecule has 3 heterocycles. The topological polar surface area (TPSA) is 90.8 Å². The molecule has 2 aromatic rings. The number of piperazine rings is 1. The van der Waals surface area contributed by atoms with E-state index in [1.54, 1.807) is 0 Å². The van der Waals surface area contributed by atoms with Gasteiger partial charge in [0, 0.05) is 54.4 Å². The SMILES string of the molecule is CN(C)c1noc(CN2CCN(Cc3nc(N(C)C)no3)CC2)n1. The molecule has 0 aromatic carbocycles. The third-order valence-corrected chi connectivity index (χ3v) is 3.90. The molecule has 1 aliphatic rings. The van der Waals surface area contributed by atoms with E-state index in [-0.39, 0.29) is 0 Å². The predicted octanol–water partition coefficient (Wildman–Crippen LogP) is -0.0976. The maximum atomic E-state index is 5.28. The van der Waals surface area contributed by atoms with Gasteiger partial charge in [0.1, 0.15) is 0 Å². The zero-order valence-electron chi connectivity index (χ0n) is 14.6. The van der Waals surface area contributed by atoms with Gasteiger partial charge in [0.25, 0.3) is 11.9 Å². The van der Waals surface area contributed by atoms with Crippen molar-refractivity contribution in [1.82, 2.24) is 30.1 Å². The smallest absolute Gasteiger partial charge is 0.265 e. The van der Waals surface area contributed by atoms with Crippen LogP contribution in [0.4, 0.5) is 11.9 Å². The van der Waals surface area contributed by atoms with Crippen molar-refractivity contribution in [2.24, 2.45) is 0 Å². The molecule has 0 saturated carbocycles. The fourth-order valence-corrected chi connectivity index (χ4v) is 2.47. The molecule has 1 fully saturated rings. The van der Waals surface area contributed by atoms with Crippen molar-refractivity contribution in [2.75, 3.05) is 64.2 Å². The molecule has 24 heavy (non-hydrogen) atoms. The summed E-state index contributed by atoms with van der Waals surface area (Å²) in [5.41, 5.74) is 0. The van der Waals surface area contributed by atoms with Crippen molar-refractivity contribution >= 4 is 11.9 Å². The molecule has 1 aliphatic heterocycles. The third-order valence-electron chi connectivity index (χ3n) is 3.90. The molecule has 1 saturated heterocycles. The number of aromatic nitrogens is 4. The van der Waals surface area contributed by atoms with Crippen LogP contribution in [0.1, 0.15) is 11.8 Å². The molecule has 10 heteroatoms. The van der Waals surface area contributed by atoms with E-state index in [2.05, 4.69) is 30.1 Å². The van der Waals surface area contributed by atoms with E-state index in [1.807, 2.05) is 38.0 Å². The van der Waals surface area contributed by atoms with E-state index in [9.17, 15) is 0 Å². The van der Waals surface area contributed by atoms with Crippen LogP contribution in [0.5, 0.6) is 0 Å². The van der Waals surface area contributed by atoms with E-state index in [1.165, 1.54) is 0 Å². The normalized spacial score (nSPS) is 16.5. The molecule has 132 valence electrons. The fraction of sp³-hybridized carbons (Fsp3) is 0.714. The maximum Gasteiger partial charge on any atom is 0.265 e. The molecule has 0 radical (unpaired) electrons. The molecule has 0 bridgehead atoms. The summed E-state index contributed by atoms with van der Waals surface area (Å²) >= 11 is 0. The minimum absolute atomic E-state index is 0.608. The molecule has 2 aromatic heterocycles. The second-order valence-corrected chi connectivity index (χ2v) is 6.32. The number of rotatable bonds is 6. The van der Waals surface area contributed by atoms with Gasteiger partial charge in [-0.25, -0.2) is 0 Å². The summed E-state index contributed by atoms with van der Waals surface area (Å²) in [7, 11) is 7.58. The van der Waals surface area contributed by atoms with Crippen LogP contribution in [0.3, 0.4) is 0 Å². The van der Waals surface area contributed by atoms with Crippen molar-refractivity contribution < 1.29 is 9.05 Å². The van der Waals surface area contributed by atoms with Crippen molar-refractivity contribution in [3.63, 3.8) is 0 Å². The maximum absolute atomic E-state index is 5.28. The number of anilines is 2. The highest BCUT2D eigenvalue weighted by atomic mass is 16.5. The highest BCUT2D eigenvalue weighted by molar-refractivity contribution is 5.24. The van der Waals surface area contributed by atoms with E-state index >= 15 is 0 Å². The van der Waals surface area contributed by atoms with E-state index in [4.69, 9.17) is 9.05 Å². The molecule has 0 aliphatic carbocycles. The van der Waals surface area contributed by atoms with Crippen LogP contribution in [0.2, 0.25) is 0 Å². The molecule has 0 spiro atoms. The second kappa shape index (κ2) is 7.14. The first-order valence-corrected chi connectivity index (χ1v) is 7.96. The second-order valence-electron chi connectivity index (χ2n) is 6.32. The summed E-state index contributed by atoms with van der Waals surface area (Å²) in [6.07, 6.45) is 0. The highest BCUT2D eigenvalue weighted by Gasteiger charge is 2.21. The molecule has 0 N–H and O–H groups in total. The Balaban J connectivity index is 1.46. The lowest BCUT2D eigenvalue weighted by Crippen LogP contribution is -2.45. The minimum atomic E-state index is 0.608. The minimum Gasteiger partial charge on any atom is -0.344 e. The Hall–Kier alpha value is -2.20. The lowest BCUT2D eigenvalue weighted by Gasteiger charge is -2.32. The van der Waals surface area contributed by atoms with Crippen molar-refractivity contribution in [3.05, 3.63) is 11.8 Å². The molecular formula is C14H24N8O2. The monoisotopic (exact) mass is 336 g/mol. The van der Waals surface area contributed by atoms with Crippen LogP contribution < -0.4 is 9.80 Å². The Labute approximate surface area is 141 Å². The van der Waals surface area contributed by atoms with Crippen molar-refractivity contribution in [3.8, 4) is 0 Å². The molecule has 0 amide bonds. The van der Waals surface area contributed by atoms with Crippen LogP contribution >= 0.6 is 0 Å². The summed E-state index contributed by atoms with van der Waals surface area (Å²) in [5, 5.41) is 7.88. The fourth-order valence-electron chi connectivity index (χ4n) is 2.47. The Morgan fingerprint density at radius 3 is 1.42 bits per heavy atom. The largest absolute Gasteiger partial charge is 0.344 e. The van der Waals surface area contributed by atoms with Crippen LogP contribution in [-0.2, 0) is 13.1 Å². The molecule has 3 rings (SSSR count). The van der Waals surface area contributed by atoms with Gasteiger partial charge in [0.15, 0.2) is 0 Å². The Morgan fingerprint density at radius 1 is 0.750 bits per heavy atom. The van der Waals surface area contributed by atoms with Gasteiger partial charge >= 0.3 is 0 Å². The van der Waals surface area contributed by atoms with Gasteiger partial charge in [0.05, 0.1) is 13.1 Å². The Kier molecular flexibility index (Phi) is 4.95. The van der Waals surface area contributed by atoms with Crippen molar-refractivity contribution in [1.29, 1.82) is 0 Å². The first-order valence-electron chi connectivity index (χ1n) is 7.96. The molecular weight excluding hydrogens is 312 g/mol. The first-order chi connectivity index (χ1) is 11.5. The van der Waals surface area contributed by atoms with Gasteiger partial charge in [-0.1, -0.05) is 0 Å². The summed E-state index contributed by atoms with van der Waals surface area (Å²) in [6.45, 7) is 5.12. The van der Waals surface area contributed by atoms with E-state index in [0.29, 0.717) is 36.8 Å². The van der Waals surface area contributed by atoms with Gasteiger partial charge in [-0.2, -0.15) is 9.97 Å². The summed E-state index contributed by atoms with van der Waals surface area (Å²) in [6, 6.07) is 0. The lowest BCUT2D eigenvalue weighted by atomic mass is 10.3. The van der Waals surface area contributed by atoms with E-state index in [0.717, 1.165) is 26.2 Å². The quantitative estimate of drug-likeness (QED) is 0.712. The summed E-state index contributed by atoms with van der Waals surface area (Å²) in [5.74, 6) is 2.52. The zero-order chi connectivity index (χ0) is 17.1. The Bertz CT molecular complexity index is 589. The third kappa shape index (κ3) is 4.01. The van der Waals surface area contributed by atoms with Crippen LogP contribution in [-0.4, -0.2) is 84.5 Å². The predicted molar refractivity (Wildman–Crippen MR) is 87.8 cm³/mol. The standard InChI is InChI=1S/C14H24N8O2/c1-19(2)13-15-11(23-17-13)9-21-5-7-22(8-6-21)10-12-16-14(18-24-12)20(3)4/h5-10H2,1-4H3. The summed E-state index contributed by atoms with van der Waals surface area (Å²) < 4.78 is 10.6.